The number of nitrogens with zero attached hydrogens (tertiary/aromatic N) is 1. The van der Waals surface area contributed by atoms with Gasteiger partial charge in [-0.2, -0.15) is 0 Å². The molecule has 0 aliphatic carbocycles. The average Bonchev–Trinajstić information content (AvgIpc) is 2.34. The van der Waals surface area contributed by atoms with Gasteiger partial charge in [0.1, 0.15) is 5.69 Å². The topological polar surface area (TPSA) is 113 Å². The van der Waals surface area contributed by atoms with Crippen molar-refractivity contribution in [2.24, 2.45) is 0 Å². The van der Waals surface area contributed by atoms with Crippen molar-refractivity contribution in [2.75, 3.05) is 17.6 Å². The van der Waals surface area contributed by atoms with Gasteiger partial charge in [0.25, 0.3) is 5.56 Å². The first-order valence-corrected chi connectivity index (χ1v) is 5.91. The molecule has 5 N–H and O–H groups in total. The van der Waals surface area contributed by atoms with Gasteiger partial charge in [-0.05, 0) is 13.3 Å². The van der Waals surface area contributed by atoms with Crippen LogP contribution in [0.15, 0.2) is 11.1 Å². The molecule has 1 heterocycles. The van der Waals surface area contributed by atoms with Crippen molar-refractivity contribution < 1.29 is 4.79 Å². The third-order valence-corrected chi connectivity index (χ3v) is 2.55. The van der Waals surface area contributed by atoms with Crippen molar-refractivity contribution in [1.82, 2.24) is 15.3 Å². The van der Waals surface area contributed by atoms with E-state index < -0.39 is 5.56 Å². The summed E-state index contributed by atoms with van der Waals surface area (Å²) in [6, 6.07) is 0.167. The summed E-state index contributed by atoms with van der Waals surface area (Å²) in [5.41, 5.74) is 5.17. The van der Waals surface area contributed by atoms with Crippen LogP contribution in [-0.2, 0) is 4.79 Å². The lowest BCUT2D eigenvalue weighted by molar-refractivity contribution is -0.121. The quantitative estimate of drug-likeness (QED) is 0.573. The first-order chi connectivity index (χ1) is 8.54. The van der Waals surface area contributed by atoms with Crippen LogP contribution in [0.5, 0.6) is 0 Å². The Morgan fingerprint density at radius 3 is 3.00 bits per heavy atom. The van der Waals surface area contributed by atoms with Gasteiger partial charge in [0.05, 0.1) is 6.33 Å². The number of hydrogen-bond donors (Lipinski definition) is 4. The summed E-state index contributed by atoms with van der Waals surface area (Å²) in [7, 11) is 0. The van der Waals surface area contributed by atoms with Crippen LogP contribution in [-0.4, -0.2) is 28.5 Å². The third kappa shape index (κ3) is 4.08. The zero-order chi connectivity index (χ0) is 13.5. The highest BCUT2D eigenvalue weighted by molar-refractivity contribution is 5.76. The summed E-state index contributed by atoms with van der Waals surface area (Å²) in [5.74, 6) is 0.260. The lowest BCUT2D eigenvalue weighted by atomic mass is 10.2. The van der Waals surface area contributed by atoms with Crippen LogP contribution >= 0.6 is 0 Å². The maximum Gasteiger partial charge on any atom is 0.276 e. The molecule has 1 amide bonds. The van der Waals surface area contributed by atoms with Crippen molar-refractivity contribution in [3.63, 3.8) is 0 Å². The Balaban J connectivity index is 2.40. The van der Waals surface area contributed by atoms with Gasteiger partial charge in [0.2, 0.25) is 5.91 Å². The zero-order valence-electron chi connectivity index (χ0n) is 10.6. The monoisotopic (exact) mass is 253 g/mol. The van der Waals surface area contributed by atoms with Crippen LogP contribution in [0.1, 0.15) is 26.7 Å². The highest BCUT2D eigenvalue weighted by atomic mass is 16.1. The summed E-state index contributed by atoms with van der Waals surface area (Å²) in [6.45, 7) is 4.33. The molecule has 0 bridgehead atoms. The van der Waals surface area contributed by atoms with Gasteiger partial charge in [-0.25, -0.2) is 4.98 Å². The number of nitrogens with two attached hydrogens (primary N) is 1. The second-order valence-corrected chi connectivity index (χ2v) is 4.05. The first-order valence-electron chi connectivity index (χ1n) is 5.91. The Labute approximate surface area is 105 Å². The number of carbonyl (C=O) groups excluding carboxylic acids is 1. The summed E-state index contributed by atoms with van der Waals surface area (Å²) >= 11 is 0. The molecule has 1 aromatic rings. The minimum absolute atomic E-state index is 0.0276. The second-order valence-electron chi connectivity index (χ2n) is 4.05. The Kier molecular flexibility index (Phi) is 5.16. The molecule has 0 aromatic carbocycles. The van der Waals surface area contributed by atoms with E-state index in [0.717, 1.165) is 6.42 Å². The summed E-state index contributed by atoms with van der Waals surface area (Å²) in [4.78, 5) is 28.9. The molecule has 0 fully saturated rings. The van der Waals surface area contributed by atoms with E-state index >= 15 is 0 Å². The molecule has 1 rings (SSSR count). The largest absolute Gasteiger partial charge is 0.391 e. The van der Waals surface area contributed by atoms with Crippen molar-refractivity contribution in [3.05, 3.63) is 16.7 Å². The summed E-state index contributed by atoms with van der Waals surface area (Å²) in [5, 5.41) is 5.70. The SMILES string of the molecule is CCC(C)NC(=O)CCNc1nc[nH]c(=O)c1N. The van der Waals surface area contributed by atoms with Crippen LogP contribution in [0, 0.1) is 0 Å². The summed E-state index contributed by atoms with van der Waals surface area (Å²) in [6.07, 6.45) is 2.46. The van der Waals surface area contributed by atoms with E-state index in [1.807, 2.05) is 13.8 Å². The van der Waals surface area contributed by atoms with Gasteiger partial charge in [-0.1, -0.05) is 6.92 Å². The fraction of sp³-hybridized carbons (Fsp3) is 0.545. The maximum absolute atomic E-state index is 11.5. The van der Waals surface area contributed by atoms with Gasteiger partial charge in [0, 0.05) is 19.0 Å². The Hall–Kier alpha value is -2.05. The van der Waals surface area contributed by atoms with E-state index in [-0.39, 0.29) is 17.6 Å². The van der Waals surface area contributed by atoms with Gasteiger partial charge >= 0.3 is 0 Å². The number of rotatable bonds is 6. The second kappa shape index (κ2) is 6.63. The van der Waals surface area contributed by atoms with Crippen molar-refractivity contribution in [3.8, 4) is 0 Å². The molecule has 0 aliphatic rings. The van der Waals surface area contributed by atoms with Crippen molar-refractivity contribution in [2.45, 2.75) is 32.7 Å². The lowest BCUT2D eigenvalue weighted by Gasteiger charge is -2.11. The lowest BCUT2D eigenvalue weighted by Crippen LogP contribution is -2.33. The fourth-order valence-corrected chi connectivity index (χ4v) is 1.29. The Morgan fingerprint density at radius 1 is 1.61 bits per heavy atom. The molecule has 1 aromatic heterocycles. The molecule has 0 spiro atoms. The van der Waals surface area contributed by atoms with E-state index in [0.29, 0.717) is 18.8 Å². The van der Waals surface area contributed by atoms with E-state index in [1.165, 1.54) is 6.33 Å². The van der Waals surface area contributed by atoms with E-state index in [4.69, 9.17) is 5.73 Å². The number of H-pyrrole nitrogens is 1. The number of nitrogens with one attached hydrogen (secondary N) is 3. The highest BCUT2D eigenvalue weighted by Gasteiger charge is 2.07. The van der Waals surface area contributed by atoms with Crippen LogP contribution in [0.25, 0.3) is 0 Å². The van der Waals surface area contributed by atoms with Gasteiger partial charge in [-0.15, -0.1) is 0 Å². The minimum Gasteiger partial charge on any atom is -0.391 e. The Morgan fingerprint density at radius 2 is 2.33 bits per heavy atom. The normalized spacial score (nSPS) is 11.9. The van der Waals surface area contributed by atoms with E-state index in [1.54, 1.807) is 0 Å². The van der Waals surface area contributed by atoms with Crippen LogP contribution in [0.4, 0.5) is 11.5 Å². The molecule has 7 nitrogen and oxygen atoms in total. The molecule has 0 saturated carbocycles. The Bertz CT molecular complexity index is 457. The predicted molar refractivity (Wildman–Crippen MR) is 70.3 cm³/mol. The fourth-order valence-electron chi connectivity index (χ4n) is 1.29. The number of aromatic amines is 1. The third-order valence-electron chi connectivity index (χ3n) is 2.55. The molecule has 1 atom stereocenters. The average molecular weight is 253 g/mol. The van der Waals surface area contributed by atoms with Crippen LogP contribution < -0.4 is 21.9 Å². The number of hydrogen-bond acceptors (Lipinski definition) is 5. The van der Waals surface area contributed by atoms with Crippen molar-refractivity contribution in [1.29, 1.82) is 0 Å². The number of nitrogen functional groups attached to an aromatic ring is 1. The van der Waals surface area contributed by atoms with Crippen LogP contribution in [0.2, 0.25) is 0 Å². The molecular formula is C11H19N5O2. The smallest absolute Gasteiger partial charge is 0.276 e. The molecule has 0 aliphatic heterocycles. The van der Waals surface area contributed by atoms with Gasteiger partial charge in [-0.3, -0.25) is 9.59 Å². The molecular weight excluding hydrogens is 234 g/mol. The van der Waals surface area contributed by atoms with E-state index in [2.05, 4.69) is 20.6 Å². The highest BCUT2D eigenvalue weighted by Crippen LogP contribution is 2.06. The predicted octanol–water partition coefficient (Wildman–Crippen LogP) is 0.0688. The van der Waals surface area contributed by atoms with Crippen molar-refractivity contribution >= 4 is 17.4 Å². The van der Waals surface area contributed by atoms with Crippen LogP contribution in [0.3, 0.4) is 0 Å². The number of anilines is 2. The molecule has 1 unspecified atom stereocenters. The van der Waals surface area contributed by atoms with Gasteiger partial charge < -0.3 is 21.4 Å². The first kappa shape index (κ1) is 14.0. The molecule has 0 saturated heterocycles. The standard InChI is InChI=1S/C11H19N5O2/c1-3-7(2)16-8(17)4-5-13-10-9(12)11(18)15-6-14-10/h6-7H,3-5,12H2,1-2H3,(H,16,17)(H2,13,14,15,18). The molecule has 18 heavy (non-hydrogen) atoms. The molecule has 7 heteroatoms. The molecule has 100 valence electrons. The molecule has 0 radical (unpaired) electrons. The zero-order valence-corrected chi connectivity index (χ0v) is 10.6. The van der Waals surface area contributed by atoms with E-state index in [9.17, 15) is 9.59 Å². The maximum atomic E-state index is 11.5. The number of carbonyl (C=O) groups is 1. The summed E-state index contributed by atoms with van der Waals surface area (Å²) < 4.78 is 0. The number of aromatic nitrogens is 2. The minimum atomic E-state index is -0.392. The van der Waals surface area contributed by atoms with Gasteiger partial charge in [0.15, 0.2) is 5.82 Å². The number of amides is 1.